The van der Waals surface area contributed by atoms with Crippen molar-refractivity contribution in [2.24, 2.45) is 0 Å². The van der Waals surface area contributed by atoms with Crippen LogP contribution in [0.4, 0.5) is 4.79 Å². The Morgan fingerprint density at radius 1 is 1.18 bits per heavy atom. The van der Waals surface area contributed by atoms with Crippen molar-refractivity contribution < 1.29 is 9.90 Å². The van der Waals surface area contributed by atoms with Crippen LogP contribution in [0.2, 0.25) is 0 Å². The second-order valence-electron chi connectivity index (χ2n) is 6.13. The highest BCUT2D eigenvalue weighted by Gasteiger charge is 2.42. The van der Waals surface area contributed by atoms with Crippen LogP contribution in [0, 0.1) is 0 Å². The van der Waals surface area contributed by atoms with Gasteiger partial charge in [0.15, 0.2) is 0 Å². The van der Waals surface area contributed by atoms with Gasteiger partial charge in [-0.25, -0.2) is 4.79 Å². The van der Waals surface area contributed by atoms with Crippen LogP contribution in [-0.2, 0) is 5.54 Å². The van der Waals surface area contributed by atoms with Crippen molar-refractivity contribution in [1.82, 2.24) is 9.80 Å². The lowest BCUT2D eigenvalue weighted by Crippen LogP contribution is -2.63. The van der Waals surface area contributed by atoms with Crippen LogP contribution in [0.1, 0.15) is 19.4 Å². The van der Waals surface area contributed by atoms with Gasteiger partial charge in [0.2, 0.25) is 0 Å². The summed E-state index contributed by atoms with van der Waals surface area (Å²) in [6.07, 6.45) is 2.77. The number of carbonyl (C=O) groups is 1. The predicted molar refractivity (Wildman–Crippen MR) is 88.9 cm³/mol. The van der Waals surface area contributed by atoms with Gasteiger partial charge in [-0.1, -0.05) is 42.5 Å². The van der Waals surface area contributed by atoms with Crippen molar-refractivity contribution in [1.29, 1.82) is 0 Å². The first-order valence-electron chi connectivity index (χ1n) is 7.48. The Morgan fingerprint density at radius 2 is 1.68 bits per heavy atom. The molecule has 0 spiro atoms. The minimum Gasteiger partial charge on any atom is -0.465 e. The molecule has 1 aromatic carbocycles. The lowest BCUT2D eigenvalue weighted by Gasteiger charge is -2.52. The molecule has 0 aliphatic carbocycles. The highest BCUT2D eigenvalue weighted by Crippen LogP contribution is 2.34. The summed E-state index contributed by atoms with van der Waals surface area (Å²) in [4.78, 5) is 15.1. The highest BCUT2D eigenvalue weighted by molar-refractivity contribution is 5.65. The zero-order valence-electron chi connectivity index (χ0n) is 13.3. The number of amides is 1. The molecule has 2 atom stereocenters. The number of rotatable bonds is 4. The Labute approximate surface area is 132 Å². The van der Waals surface area contributed by atoms with E-state index in [1.165, 1.54) is 10.5 Å². The van der Waals surface area contributed by atoms with Crippen molar-refractivity contribution in [3.63, 3.8) is 0 Å². The number of nitrogens with zero attached hydrogens (tertiary/aromatic N) is 2. The van der Waals surface area contributed by atoms with Crippen LogP contribution in [-0.4, -0.2) is 46.2 Å². The van der Waals surface area contributed by atoms with E-state index in [9.17, 15) is 9.90 Å². The maximum atomic E-state index is 11.3. The van der Waals surface area contributed by atoms with Gasteiger partial charge in [-0.3, -0.25) is 4.90 Å². The maximum Gasteiger partial charge on any atom is 0.407 e. The van der Waals surface area contributed by atoms with Crippen LogP contribution in [0.15, 0.2) is 55.6 Å². The number of carboxylic acid groups (broad SMARTS) is 1. The molecule has 1 aromatic rings. The van der Waals surface area contributed by atoms with Crippen LogP contribution in [0.5, 0.6) is 0 Å². The fraction of sp³-hybridized carbons (Fsp3) is 0.389. The zero-order valence-corrected chi connectivity index (χ0v) is 13.3. The fourth-order valence-corrected chi connectivity index (χ4v) is 3.30. The number of hydrogen-bond acceptors (Lipinski definition) is 2. The van der Waals surface area contributed by atoms with Gasteiger partial charge in [-0.2, -0.15) is 0 Å². The van der Waals surface area contributed by atoms with Gasteiger partial charge in [0.25, 0.3) is 0 Å². The summed E-state index contributed by atoms with van der Waals surface area (Å²) in [5.74, 6) is 0. The molecule has 0 bridgehead atoms. The smallest absolute Gasteiger partial charge is 0.407 e. The van der Waals surface area contributed by atoms with E-state index in [-0.39, 0.29) is 17.6 Å². The molecule has 118 valence electrons. The summed E-state index contributed by atoms with van der Waals surface area (Å²) < 4.78 is 0. The summed E-state index contributed by atoms with van der Waals surface area (Å²) in [6.45, 7) is 13.0. The van der Waals surface area contributed by atoms with Gasteiger partial charge in [0.05, 0.1) is 0 Å². The molecule has 22 heavy (non-hydrogen) atoms. The van der Waals surface area contributed by atoms with E-state index in [1.807, 2.05) is 30.4 Å². The first kappa shape index (κ1) is 16.3. The summed E-state index contributed by atoms with van der Waals surface area (Å²) in [6, 6.07) is 10.1. The van der Waals surface area contributed by atoms with E-state index in [0.717, 1.165) is 0 Å². The van der Waals surface area contributed by atoms with Crippen molar-refractivity contribution in [3.8, 4) is 0 Å². The number of benzene rings is 1. The Bertz CT molecular complexity index is 535. The number of hydrogen-bond donors (Lipinski definition) is 1. The highest BCUT2D eigenvalue weighted by atomic mass is 16.4. The third-order valence-corrected chi connectivity index (χ3v) is 4.47. The van der Waals surface area contributed by atoms with Gasteiger partial charge in [-0.15, -0.1) is 13.2 Å². The fourth-order valence-electron chi connectivity index (χ4n) is 3.30. The van der Waals surface area contributed by atoms with Crippen LogP contribution >= 0.6 is 0 Å². The molecule has 0 aromatic heterocycles. The number of piperazine rings is 1. The molecular formula is C18H24N2O2. The molecule has 2 rings (SSSR count). The Hall–Kier alpha value is -2.07. The molecule has 1 saturated heterocycles. The molecule has 1 amide bonds. The SMILES string of the molecule is C=C[C@@H]1CN(C(=O)O)C[C@H](C=C)N1C(C)(C)c1ccccc1. The quantitative estimate of drug-likeness (QED) is 0.867. The molecule has 1 aliphatic rings. The van der Waals surface area contributed by atoms with Crippen LogP contribution in [0.3, 0.4) is 0 Å². The molecule has 0 saturated carbocycles. The molecule has 1 heterocycles. The van der Waals surface area contributed by atoms with Gasteiger partial charge in [0, 0.05) is 30.7 Å². The average Bonchev–Trinajstić information content (AvgIpc) is 2.54. The Balaban J connectivity index is 2.40. The molecule has 1 N–H and O–H groups in total. The lowest BCUT2D eigenvalue weighted by atomic mass is 9.87. The van der Waals surface area contributed by atoms with Crippen LogP contribution < -0.4 is 0 Å². The monoisotopic (exact) mass is 300 g/mol. The molecule has 1 fully saturated rings. The van der Waals surface area contributed by atoms with E-state index in [1.54, 1.807) is 0 Å². The van der Waals surface area contributed by atoms with Gasteiger partial charge < -0.3 is 10.0 Å². The third-order valence-electron chi connectivity index (χ3n) is 4.47. The standard InChI is InChI=1S/C18H24N2O2/c1-5-15-12-19(17(21)22)13-16(6-2)20(15)18(3,4)14-10-8-7-9-11-14/h5-11,15-16H,1-2,12-13H2,3-4H3,(H,21,22)/t15-,16+. The van der Waals surface area contributed by atoms with Crippen molar-refractivity contribution in [2.75, 3.05) is 13.1 Å². The molecule has 4 nitrogen and oxygen atoms in total. The molecule has 1 aliphatic heterocycles. The molecule has 4 heteroatoms. The molecule has 0 unspecified atom stereocenters. The average molecular weight is 300 g/mol. The van der Waals surface area contributed by atoms with Gasteiger partial charge in [-0.05, 0) is 19.4 Å². The normalized spacial score (nSPS) is 23.1. The van der Waals surface area contributed by atoms with E-state index in [0.29, 0.717) is 13.1 Å². The van der Waals surface area contributed by atoms with E-state index in [4.69, 9.17) is 0 Å². The first-order chi connectivity index (χ1) is 10.4. The largest absolute Gasteiger partial charge is 0.465 e. The van der Waals surface area contributed by atoms with Crippen molar-refractivity contribution in [2.45, 2.75) is 31.5 Å². The van der Waals surface area contributed by atoms with Crippen molar-refractivity contribution >= 4 is 6.09 Å². The summed E-state index contributed by atoms with van der Waals surface area (Å²) >= 11 is 0. The lowest BCUT2D eigenvalue weighted by molar-refractivity contribution is -0.00598. The van der Waals surface area contributed by atoms with E-state index < -0.39 is 6.09 Å². The Kier molecular flexibility index (Phi) is 4.71. The zero-order chi connectivity index (χ0) is 16.3. The van der Waals surface area contributed by atoms with Crippen molar-refractivity contribution in [3.05, 3.63) is 61.2 Å². The summed E-state index contributed by atoms with van der Waals surface area (Å²) in [5.41, 5.74) is 0.946. The molecule has 0 radical (unpaired) electrons. The second kappa shape index (κ2) is 6.36. The van der Waals surface area contributed by atoms with Gasteiger partial charge >= 0.3 is 6.09 Å². The minimum atomic E-state index is -0.893. The van der Waals surface area contributed by atoms with E-state index in [2.05, 4.69) is 44.0 Å². The summed E-state index contributed by atoms with van der Waals surface area (Å²) in [5, 5.41) is 9.31. The molecular weight excluding hydrogens is 276 g/mol. The van der Waals surface area contributed by atoms with Gasteiger partial charge in [0.1, 0.15) is 0 Å². The predicted octanol–water partition coefficient (Wildman–Crippen LogP) is 3.33. The maximum absolute atomic E-state index is 11.3. The Morgan fingerprint density at radius 3 is 2.09 bits per heavy atom. The minimum absolute atomic E-state index is 0.0527. The topological polar surface area (TPSA) is 43.8 Å². The van der Waals surface area contributed by atoms with Crippen LogP contribution in [0.25, 0.3) is 0 Å². The van der Waals surface area contributed by atoms with E-state index >= 15 is 0 Å². The summed E-state index contributed by atoms with van der Waals surface area (Å²) in [7, 11) is 0. The third kappa shape index (κ3) is 2.92. The second-order valence-corrected chi connectivity index (χ2v) is 6.13. The first-order valence-corrected chi connectivity index (χ1v) is 7.48.